The first-order chi connectivity index (χ1) is 14.0. The standard InChI is InChI=1S/C17H11N7O4S/c25-23(26)11-3-1-2-10(6-11)8-20-15-12-7-14(24(27)28)29-17(12)22-16(21-15)13-9-18-4-5-19-13/h1-7,9H,8H2,(H,20,21,22). The van der Waals surface area contributed by atoms with E-state index in [-0.39, 0.29) is 23.1 Å². The summed E-state index contributed by atoms with van der Waals surface area (Å²) >= 11 is 0.929. The van der Waals surface area contributed by atoms with Crippen LogP contribution < -0.4 is 5.32 Å². The minimum atomic E-state index is -0.487. The van der Waals surface area contributed by atoms with Gasteiger partial charge in [-0.1, -0.05) is 12.1 Å². The maximum Gasteiger partial charge on any atom is 0.326 e. The molecule has 4 rings (SSSR count). The van der Waals surface area contributed by atoms with Crippen LogP contribution in [0.25, 0.3) is 21.7 Å². The third kappa shape index (κ3) is 3.82. The average Bonchev–Trinajstić information content (AvgIpc) is 3.17. The third-order valence-electron chi connectivity index (χ3n) is 3.93. The molecule has 1 aromatic carbocycles. The highest BCUT2D eigenvalue weighted by atomic mass is 32.1. The van der Waals surface area contributed by atoms with Crippen molar-refractivity contribution < 1.29 is 9.85 Å². The van der Waals surface area contributed by atoms with Crippen molar-refractivity contribution in [1.29, 1.82) is 0 Å². The van der Waals surface area contributed by atoms with Crippen LogP contribution in [0.1, 0.15) is 5.56 Å². The van der Waals surface area contributed by atoms with E-state index in [1.807, 2.05) is 0 Å². The first kappa shape index (κ1) is 18.3. The molecule has 0 aliphatic rings. The van der Waals surface area contributed by atoms with Crippen LogP contribution in [0.15, 0.2) is 48.9 Å². The average molecular weight is 409 g/mol. The number of nitrogens with one attached hydrogen (secondary N) is 1. The second-order valence-corrected chi connectivity index (χ2v) is 6.84. The van der Waals surface area contributed by atoms with Crippen LogP contribution >= 0.6 is 11.3 Å². The molecule has 12 heteroatoms. The summed E-state index contributed by atoms with van der Waals surface area (Å²) in [6.45, 7) is 0.233. The Hall–Kier alpha value is -4.06. The first-order valence-corrected chi connectivity index (χ1v) is 9.02. The Morgan fingerprint density at radius 2 is 1.93 bits per heavy atom. The molecule has 3 aromatic heterocycles. The van der Waals surface area contributed by atoms with Crippen molar-refractivity contribution in [2.24, 2.45) is 0 Å². The number of nitro groups is 2. The smallest absolute Gasteiger partial charge is 0.326 e. The first-order valence-electron chi connectivity index (χ1n) is 8.21. The van der Waals surface area contributed by atoms with Crippen molar-refractivity contribution in [2.45, 2.75) is 6.54 Å². The lowest BCUT2D eigenvalue weighted by atomic mass is 10.2. The van der Waals surface area contributed by atoms with Crippen LogP contribution in [0.2, 0.25) is 0 Å². The fourth-order valence-corrected chi connectivity index (χ4v) is 3.48. The van der Waals surface area contributed by atoms with Gasteiger partial charge in [0.15, 0.2) is 5.82 Å². The second kappa shape index (κ2) is 7.52. The zero-order valence-electron chi connectivity index (χ0n) is 14.6. The highest BCUT2D eigenvalue weighted by Gasteiger charge is 2.19. The van der Waals surface area contributed by atoms with E-state index >= 15 is 0 Å². The summed E-state index contributed by atoms with van der Waals surface area (Å²) in [5.41, 5.74) is 1.06. The van der Waals surface area contributed by atoms with E-state index in [2.05, 4.69) is 25.3 Å². The zero-order valence-corrected chi connectivity index (χ0v) is 15.4. The van der Waals surface area contributed by atoms with Crippen molar-refractivity contribution in [3.63, 3.8) is 0 Å². The zero-order chi connectivity index (χ0) is 20.4. The molecule has 0 saturated heterocycles. The maximum atomic E-state index is 11.2. The lowest BCUT2D eigenvalue weighted by molar-refractivity contribution is -0.384. The van der Waals surface area contributed by atoms with E-state index in [1.54, 1.807) is 12.1 Å². The summed E-state index contributed by atoms with van der Waals surface area (Å²) in [5.74, 6) is 0.635. The van der Waals surface area contributed by atoms with Gasteiger partial charge in [-0.2, -0.15) is 0 Å². The molecule has 0 radical (unpaired) electrons. The number of thiophene rings is 1. The Labute approximate surface area is 166 Å². The van der Waals surface area contributed by atoms with E-state index in [0.717, 1.165) is 11.3 Å². The second-order valence-electron chi connectivity index (χ2n) is 5.83. The molecule has 0 aliphatic carbocycles. The molecule has 0 fully saturated rings. The number of non-ortho nitro benzene ring substituents is 1. The van der Waals surface area contributed by atoms with Crippen LogP contribution in [0.4, 0.5) is 16.5 Å². The molecular formula is C17H11N7O4S. The van der Waals surface area contributed by atoms with Gasteiger partial charge in [-0.15, -0.1) is 0 Å². The van der Waals surface area contributed by atoms with Crippen molar-refractivity contribution in [1.82, 2.24) is 19.9 Å². The van der Waals surface area contributed by atoms with Crippen molar-refractivity contribution >= 4 is 38.1 Å². The Kier molecular flexibility index (Phi) is 4.75. The summed E-state index contributed by atoms with van der Waals surface area (Å²) in [6.07, 6.45) is 4.50. The molecule has 0 aliphatic heterocycles. The largest absolute Gasteiger partial charge is 0.365 e. The third-order valence-corrected chi connectivity index (χ3v) is 4.91. The number of aromatic nitrogens is 4. The highest BCUT2D eigenvalue weighted by Crippen LogP contribution is 2.35. The van der Waals surface area contributed by atoms with E-state index in [1.165, 1.54) is 36.8 Å². The highest BCUT2D eigenvalue weighted by molar-refractivity contribution is 7.21. The Bertz CT molecular complexity index is 1230. The fourth-order valence-electron chi connectivity index (χ4n) is 2.63. The molecular weight excluding hydrogens is 398 g/mol. The van der Waals surface area contributed by atoms with Crippen LogP contribution in [-0.4, -0.2) is 29.8 Å². The lowest BCUT2D eigenvalue weighted by Gasteiger charge is -2.08. The quantitative estimate of drug-likeness (QED) is 0.372. The van der Waals surface area contributed by atoms with Gasteiger partial charge in [0.2, 0.25) is 0 Å². The van der Waals surface area contributed by atoms with Gasteiger partial charge < -0.3 is 5.32 Å². The van der Waals surface area contributed by atoms with Gasteiger partial charge >= 0.3 is 5.00 Å². The van der Waals surface area contributed by atoms with Gasteiger partial charge in [0.05, 0.1) is 21.4 Å². The SMILES string of the molecule is O=[N+]([O-])c1cccc(CNc2nc(-c3cnccn3)nc3sc([N+](=O)[O-])cc23)c1. The molecule has 29 heavy (non-hydrogen) atoms. The molecule has 0 bridgehead atoms. The molecule has 0 spiro atoms. The molecule has 0 atom stereocenters. The van der Waals surface area contributed by atoms with Gasteiger partial charge in [0.1, 0.15) is 16.3 Å². The summed E-state index contributed by atoms with van der Waals surface area (Å²) in [7, 11) is 0. The molecule has 3 heterocycles. The van der Waals surface area contributed by atoms with E-state index in [4.69, 9.17) is 0 Å². The molecule has 0 saturated carbocycles. The van der Waals surface area contributed by atoms with E-state index < -0.39 is 9.85 Å². The number of benzene rings is 1. The molecule has 0 amide bonds. The lowest BCUT2D eigenvalue weighted by Crippen LogP contribution is -2.04. The van der Waals surface area contributed by atoms with E-state index in [9.17, 15) is 20.2 Å². The van der Waals surface area contributed by atoms with Gasteiger partial charge in [-0.05, 0) is 16.9 Å². The summed E-state index contributed by atoms with van der Waals surface area (Å²) in [6, 6.07) is 7.57. The Balaban J connectivity index is 1.74. The van der Waals surface area contributed by atoms with Crippen LogP contribution in [0.3, 0.4) is 0 Å². The fraction of sp³-hybridized carbons (Fsp3) is 0.0588. The normalized spacial score (nSPS) is 10.8. The van der Waals surface area contributed by atoms with Crippen molar-refractivity contribution in [3.8, 4) is 11.5 Å². The predicted molar refractivity (Wildman–Crippen MR) is 106 cm³/mol. The number of rotatable bonds is 6. The summed E-state index contributed by atoms with van der Waals surface area (Å²) in [5, 5.41) is 25.7. The number of fused-ring (bicyclic) bond motifs is 1. The molecule has 11 nitrogen and oxygen atoms in total. The maximum absolute atomic E-state index is 11.2. The minimum Gasteiger partial charge on any atom is -0.365 e. The van der Waals surface area contributed by atoms with Gasteiger partial charge in [-0.25, -0.2) is 15.0 Å². The van der Waals surface area contributed by atoms with E-state index in [0.29, 0.717) is 27.3 Å². The predicted octanol–water partition coefficient (Wildman–Crippen LogP) is 3.58. The van der Waals surface area contributed by atoms with Gasteiger partial charge in [-0.3, -0.25) is 25.2 Å². The molecule has 0 unspecified atom stereocenters. The van der Waals surface area contributed by atoms with Crippen molar-refractivity contribution in [3.05, 3.63) is 74.7 Å². The van der Waals surface area contributed by atoms with Crippen molar-refractivity contribution in [2.75, 3.05) is 5.32 Å². The Morgan fingerprint density at radius 3 is 2.66 bits per heavy atom. The number of anilines is 1. The van der Waals surface area contributed by atoms with Gasteiger partial charge in [0, 0.05) is 37.1 Å². The molecule has 1 N–H and O–H groups in total. The molecule has 4 aromatic rings. The number of nitro benzene ring substituents is 1. The summed E-state index contributed by atoms with van der Waals surface area (Å²) in [4.78, 5) is 38.6. The minimum absolute atomic E-state index is 0.0245. The number of nitrogens with zero attached hydrogens (tertiary/aromatic N) is 6. The summed E-state index contributed by atoms with van der Waals surface area (Å²) < 4.78 is 0. The van der Waals surface area contributed by atoms with Gasteiger partial charge in [0.25, 0.3) is 5.69 Å². The monoisotopic (exact) mass is 409 g/mol. The Morgan fingerprint density at radius 1 is 1.07 bits per heavy atom. The molecule has 144 valence electrons. The number of hydrogen-bond donors (Lipinski definition) is 1. The van der Waals surface area contributed by atoms with Crippen LogP contribution in [0, 0.1) is 20.2 Å². The van der Waals surface area contributed by atoms with Crippen LogP contribution in [-0.2, 0) is 6.54 Å². The van der Waals surface area contributed by atoms with Crippen LogP contribution in [0.5, 0.6) is 0 Å². The topological polar surface area (TPSA) is 150 Å². The number of hydrogen-bond acceptors (Lipinski definition) is 10.